The largest absolute Gasteiger partial charge is 0.458 e. The van der Waals surface area contributed by atoms with Crippen LogP contribution in [0.2, 0.25) is 0 Å². The molecule has 0 fully saturated rings. The summed E-state index contributed by atoms with van der Waals surface area (Å²) in [6.45, 7) is 9.79. The molecule has 6 heteroatoms. The summed E-state index contributed by atoms with van der Waals surface area (Å²) in [5.41, 5.74) is 4.62. The first-order valence-electron chi connectivity index (χ1n) is 9.34. The number of carbonyl (C=O) groups excluding carboxylic acids is 1. The number of H-pyrrole nitrogens is 1. The number of benzene rings is 1. The van der Waals surface area contributed by atoms with Crippen LogP contribution in [0.15, 0.2) is 22.7 Å². The van der Waals surface area contributed by atoms with Crippen molar-refractivity contribution in [2.75, 3.05) is 0 Å². The molecule has 0 amide bonds. The van der Waals surface area contributed by atoms with Crippen LogP contribution < -0.4 is 0 Å². The summed E-state index contributed by atoms with van der Waals surface area (Å²) in [6, 6.07) is 3.91. The monoisotopic (exact) mass is 365 g/mol. The van der Waals surface area contributed by atoms with Crippen LogP contribution in [-0.2, 0) is 11.2 Å². The molecule has 0 aliphatic heterocycles. The Morgan fingerprint density at radius 3 is 2.63 bits per heavy atom. The van der Waals surface area contributed by atoms with Gasteiger partial charge in [0.05, 0.1) is 17.8 Å². The van der Waals surface area contributed by atoms with Crippen LogP contribution in [0.3, 0.4) is 0 Å². The standard InChI is InChI=1S/C21H23N3O3/c1-6-12-16-14(9-22-18(12)21(25)26-11(4)5)23-13-7-8-15-19(17(13)16)24-20(27-15)10(2)3/h7-11,23H,6H2,1-5H3. The minimum atomic E-state index is -0.395. The maximum atomic E-state index is 12.6. The van der Waals surface area contributed by atoms with E-state index in [0.717, 1.165) is 38.5 Å². The quantitative estimate of drug-likeness (QED) is 0.508. The summed E-state index contributed by atoms with van der Waals surface area (Å²) in [7, 11) is 0. The van der Waals surface area contributed by atoms with Crippen molar-refractivity contribution in [1.82, 2.24) is 15.0 Å². The van der Waals surface area contributed by atoms with Crippen LogP contribution in [0.5, 0.6) is 0 Å². The van der Waals surface area contributed by atoms with Gasteiger partial charge in [0.1, 0.15) is 5.52 Å². The highest BCUT2D eigenvalue weighted by atomic mass is 16.5. The van der Waals surface area contributed by atoms with Gasteiger partial charge in [0.25, 0.3) is 0 Å². The second kappa shape index (κ2) is 6.37. The number of hydrogen-bond acceptors (Lipinski definition) is 5. The Labute approximate surface area is 156 Å². The number of fused-ring (bicyclic) bond motifs is 5. The van der Waals surface area contributed by atoms with E-state index in [9.17, 15) is 4.79 Å². The Balaban J connectivity index is 2.07. The number of nitrogens with one attached hydrogen (secondary N) is 1. The SMILES string of the molecule is CCc1c(C(=O)OC(C)C)ncc2[nH]c3ccc4oc(C(C)C)nc4c3c12. The molecule has 140 valence electrons. The molecule has 6 nitrogen and oxygen atoms in total. The molecule has 1 aromatic carbocycles. The fraction of sp³-hybridized carbons (Fsp3) is 0.381. The van der Waals surface area contributed by atoms with E-state index in [1.54, 1.807) is 6.20 Å². The van der Waals surface area contributed by atoms with Gasteiger partial charge in [-0.25, -0.2) is 14.8 Å². The normalized spacial score (nSPS) is 12.1. The van der Waals surface area contributed by atoms with Crippen LogP contribution in [0, 0.1) is 0 Å². The Morgan fingerprint density at radius 2 is 1.96 bits per heavy atom. The molecule has 0 aliphatic rings. The van der Waals surface area contributed by atoms with Gasteiger partial charge in [-0.1, -0.05) is 20.8 Å². The summed E-state index contributed by atoms with van der Waals surface area (Å²) < 4.78 is 11.3. The molecular weight excluding hydrogens is 342 g/mol. The van der Waals surface area contributed by atoms with Crippen LogP contribution in [0.1, 0.15) is 62.5 Å². The van der Waals surface area contributed by atoms with E-state index in [1.165, 1.54) is 0 Å². The van der Waals surface area contributed by atoms with E-state index in [-0.39, 0.29) is 12.0 Å². The fourth-order valence-corrected chi connectivity index (χ4v) is 3.48. The first-order valence-corrected chi connectivity index (χ1v) is 9.34. The average molecular weight is 365 g/mol. The Bertz CT molecular complexity index is 1170. The topological polar surface area (TPSA) is 81.0 Å². The molecule has 4 aromatic rings. The van der Waals surface area contributed by atoms with E-state index >= 15 is 0 Å². The fourth-order valence-electron chi connectivity index (χ4n) is 3.48. The molecule has 0 unspecified atom stereocenters. The number of hydrogen-bond donors (Lipinski definition) is 1. The first-order chi connectivity index (χ1) is 12.9. The second-order valence-electron chi connectivity index (χ2n) is 7.35. The molecule has 0 saturated heterocycles. The van der Waals surface area contributed by atoms with Gasteiger partial charge < -0.3 is 14.1 Å². The zero-order chi connectivity index (χ0) is 19.3. The molecule has 0 aliphatic carbocycles. The summed E-state index contributed by atoms with van der Waals surface area (Å²) in [5.74, 6) is 0.508. The van der Waals surface area contributed by atoms with Crippen LogP contribution in [0.25, 0.3) is 32.9 Å². The molecular formula is C21H23N3O3. The number of aromatic nitrogens is 3. The van der Waals surface area contributed by atoms with E-state index in [1.807, 2.05) is 32.9 Å². The van der Waals surface area contributed by atoms with Gasteiger partial charge in [0.2, 0.25) is 0 Å². The number of pyridine rings is 1. The number of aryl methyl sites for hydroxylation is 1. The van der Waals surface area contributed by atoms with Crippen molar-refractivity contribution in [2.45, 2.75) is 53.1 Å². The molecule has 4 rings (SSSR count). The predicted molar refractivity (Wildman–Crippen MR) is 105 cm³/mol. The van der Waals surface area contributed by atoms with Crippen LogP contribution >= 0.6 is 0 Å². The maximum Gasteiger partial charge on any atom is 0.357 e. The minimum Gasteiger partial charge on any atom is -0.458 e. The second-order valence-corrected chi connectivity index (χ2v) is 7.35. The zero-order valence-corrected chi connectivity index (χ0v) is 16.2. The molecule has 1 N–H and O–H groups in total. The highest BCUT2D eigenvalue weighted by Gasteiger charge is 2.22. The Hall–Kier alpha value is -2.89. The lowest BCUT2D eigenvalue weighted by Gasteiger charge is -2.11. The van der Waals surface area contributed by atoms with Crippen molar-refractivity contribution >= 4 is 38.9 Å². The number of ether oxygens (including phenoxy) is 1. The van der Waals surface area contributed by atoms with E-state index in [4.69, 9.17) is 14.1 Å². The predicted octanol–water partition coefficient (Wildman–Crippen LogP) is 5.11. The van der Waals surface area contributed by atoms with Gasteiger partial charge >= 0.3 is 5.97 Å². The van der Waals surface area contributed by atoms with E-state index in [0.29, 0.717) is 18.0 Å². The third kappa shape index (κ3) is 2.76. The van der Waals surface area contributed by atoms with Gasteiger partial charge in [-0.15, -0.1) is 0 Å². The smallest absolute Gasteiger partial charge is 0.357 e. The lowest BCUT2D eigenvalue weighted by molar-refractivity contribution is 0.0370. The zero-order valence-electron chi connectivity index (χ0n) is 16.2. The molecule has 0 atom stereocenters. The minimum absolute atomic E-state index is 0.196. The molecule has 0 saturated carbocycles. The molecule has 27 heavy (non-hydrogen) atoms. The summed E-state index contributed by atoms with van der Waals surface area (Å²) >= 11 is 0. The maximum absolute atomic E-state index is 12.6. The lowest BCUT2D eigenvalue weighted by Crippen LogP contribution is -2.15. The van der Waals surface area contributed by atoms with E-state index < -0.39 is 5.97 Å². The van der Waals surface area contributed by atoms with Crippen molar-refractivity contribution in [3.8, 4) is 0 Å². The molecule has 3 heterocycles. The lowest BCUT2D eigenvalue weighted by atomic mass is 10.0. The highest BCUT2D eigenvalue weighted by molar-refractivity contribution is 6.20. The van der Waals surface area contributed by atoms with Crippen molar-refractivity contribution < 1.29 is 13.9 Å². The number of oxazole rings is 1. The van der Waals surface area contributed by atoms with Crippen molar-refractivity contribution in [2.24, 2.45) is 0 Å². The van der Waals surface area contributed by atoms with Crippen LogP contribution in [0.4, 0.5) is 0 Å². The third-order valence-electron chi connectivity index (χ3n) is 4.66. The van der Waals surface area contributed by atoms with Crippen molar-refractivity contribution in [3.63, 3.8) is 0 Å². The van der Waals surface area contributed by atoms with Crippen LogP contribution in [-0.4, -0.2) is 27.0 Å². The molecule has 0 bridgehead atoms. The molecule has 3 aromatic heterocycles. The van der Waals surface area contributed by atoms with Gasteiger partial charge in [-0.3, -0.25) is 0 Å². The third-order valence-corrected chi connectivity index (χ3v) is 4.66. The molecule has 0 radical (unpaired) electrons. The summed E-state index contributed by atoms with van der Waals surface area (Å²) in [6.07, 6.45) is 2.16. The number of rotatable bonds is 4. The molecule has 0 spiro atoms. The Kier molecular flexibility index (Phi) is 4.13. The van der Waals surface area contributed by atoms with Crippen molar-refractivity contribution in [1.29, 1.82) is 0 Å². The number of aromatic amines is 1. The van der Waals surface area contributed by atoms with Gasteiger partial charge in [-0.05, 0) is 38.0 Å². The summed E-state index contributed by atoms with van der Waals surface area (Å²) in [4.78, 5) is 25.1. The number of esters is 1. The van der Waals surface area contributed by atoms with Crippen molar-refractivity contribution in [3.05, 3.63) is 35.5 Å². The average Bonchev–Trinajstić information content (AvgIpc) is 3.20. The summed E-state index contributed by atoms with van der Waals surface area (Å²) in [5, 5.41) is 1.93. The number of carbonyl (C=O) groups is 1. The first kappa shape index (κ1) is 17.5. The van der Waals surface area contributed by atoms with Gasteiger partial charge in [0.15, 0.2) is 17.2 Å². The Morgan fingerprint density at radius 1 is 1.19 bits per heavy atom. The van der Waals surface area contributed by atoms with Gasteiger partial charge in [-0.2, -0.15) is 0 Å². The number of nitrogens with zero attached hydrogens (tertiary/aromatic N) is 2. The highest BCUT2D eigenvalue weighted by Crippen LogP contribution is 2.36. The van der Waals surface area contributed by atoms with E-state index in [2.05, 4.69) is 23.8 Å². The van der Waals surface area contributed by atoms with Gasteiger partial charge in [0, 0.05) is 22.2 Å².